The maximum Gasteiger partial charge on any atom is 0.0714 e. The average molecular weight is 903 g/mol. The van der Waals surface area contributed by atoms with Crippen molar-refractivity contribution in [3.8, 4) is 50.2 Å². The molecule has 13 aromatic rings. The molecule has 1 aliphatic rings. The fourth-order valence-electron chi connectivity index (χ4n) is 11.8. The van der Waals surface area contributed by atoms with E-state index in [9.17, 15) is 0 Å². The van der Waals surface area contributed by atoms with Crippen molar-refractivity contribution >= 4 is 49.6 Å². The Balaban J connectivity index is 0.922. The Kier molecular flexibility index (Phi) is 9.47. The van der Waals surface area contributed by atoms with Gasteiger partial charge in [-0.15, -0.1) is 0 Å². The normalized spacial score (nSPS) is 12.6. The summed E-state index contributed by atoms with van der Waals surface area (Å²) in [5, 5.41) is 5.11. The molecule has 12 aromatic carbocycles. The first-order valence-corrected chi connectivity index (χ1v) is 24.6. The second kappa shape index (κ2) is 16.5. The summed E-state index contributed by atoms with van der Waals surface area (Å²) < 4.78 is 2.45. The van der Waals surface area contributed by atoms with Crippen LogP contribution in [0.25, 0.3) is 82.8 Å². The van der Waals surface area contributed by atoms with Crippen LogP contribution in [-0.2, 0) is 5.41 Å². The molecule has 0 radical (unpaired) electrons. The molecule has 1 aliphatic carbocycles. The largest absolute Gasteiger partial charge is 0.310 e. The lowest BCUT2D eigenvalue weighted by molar-refractivity contribution is 0.768. The Morgan fingerprint density at radius 1 is 0.282 bits per heavy atom. The highest BCUT2D eigenvalue weighted by Crippen LogP contribution is 2.57. The van der Waals surface area contributed by atoms with E-state index < -0.39 is 5.41 Å². The van der Waals surface area contributed by atoms with E-state index in [-0.39, 0.29) is 0 Å². The second-order valence-electron chi connectivity index (χ2n) is 18.8. The number of hydrogen-bond donors (Lipinski definition) is 0. The molecular formula is C69H46N2. The molecule has 0 unspecified atom stereocenters. The molecule has 0 spiro atoms. The molecular weight excluding hydrogens is 857 g/mol. The lowest BCUT2D eigenvalue weighted by Crippen LogP contribution is -2.28. The summed E-state index contributed by atoms with van der Waals surface area (Å²) in [6.45, 7) is 0. The van der Waals surface area contributed by atoms with Gasteiger partial charge in [0, 0.05) is 33.5 Å². The maximum absolute atomic E-state index is 2.46. The standard InChI is InChI=1S/C69H46N2/c1-5-16-47(17-6-1)49-30-36-57(37-31-49)70(60-42-43-62-61-25-13-14-26-63(61)69(64(62)46-60,55-21-9-3-10-22-55)56-23-11-4-12-24-56)58-38-34-51(35-39-58)54-44-53-29-28-52-20-15-27-65-67(52)68(53)66(45-54)71(65)59-40-32-50(33-41-59)48-18-7-2-8-19-48/h1-46H. The van der Waals surface area contributed by atoms with Gasteiger partial charge in [0.25, 0.3) is 0 Å². The van der Waals surface area contributed by atoms with Gasteiger partial charge < -0.3 is 9.47 Å². The lowest BCUT2D eigenvalue weighted by atomic mass is 9.67. The summed E-state index contributed by atoms with van der Waals surface area (Å²) in [7, 11) is 0. The molecule has 14 rings (SSSR count). The van der Waals surface area contributed by atoms with E-state index in [1.54, 1.807) is 0 Å². The molecule has 0 saturated heterocycles. The first-order chi connectivity index (χ1) is 35.2. The fraction of sp³-hybridized carbons (Fsp3) is 0.0145. The van der Waals surface area contributed by atoms with E-state index in [2.05, 4.69) is 289 Å². The molecule has 0 atom stereocenters. The van der Waals surface area contributed by atoms with E-state index in [0.717, 1.165) is 22.7 Å². The third-order valence-corrected chi connectivity index (χ3v) is 15.0. The third kappa shape index (κ3) is 6.49. The Hall–Kier alpha value is -9.24. The van der Waals surface area contributed by atoms with Gasteiger partial charge in [-0.05, 0) is 144 Å². The van der Waals surface area contributed by atoms with Crippen molar-refractivity contribution in [1.29, 1.82) is 0 Å². The van der Waals surface area contributed by atoms with E-state index >= 15 is 0 Å². The summed E-state index contributed by atoms with van der Waals surface area (Å²) in [6, 6.07) is 103. The predicted molar refractivity (Wildman–Crippen MR) is 298 cm³/mol. The van der Waals surface area contributed by atoms with Crippen molar-refractivity contribution in [1.82, 2.24) is 4.57 Å². The van der Waals surface area contributed by atoms with Crippen LogP contribution in [0, 0.1) is 0 Å². The van der Waals surface area contributed by atoms with Gasteiger partial charge in [0.2, 0.25) is 0 Å². The minimum absolute atomic E-state index is 0.516. The zero-order valence-corrected chi connectivity index (χ0v) is 39.0. The van der Waals surface area contributed by atoms with Gasteiger partial charge in [0.05, 0.1) is 16.4 Å². The molecule has 0 aliphatic heterocycles. The molecule has 71 heavy (non-hydrogen) atoms. The number of aromatic nitrogens is 1. The summed E-state index contributed by atoms with van der Waals surface area (Å²) in [5.74, 6) is 0. The highest BCUT2D eigenvalue weighted by atomic mass is 15.1. The molecule has 1 heterocycles. The molecule has 2 heteroatoms. The quantitative estimate of drug-likeness (QED) is 0.131. The van der Waals surface area contributed by atoms with E-state index in [4.69, 9.17) is 0 Å². The Morgan fingerprint density at radius 3 is 1.38 bits per heavy atom. The van der Waals surface area contributed by atoms with Crippen molar-refractivity contribution in [3.05, 3.63) is 301 Å². The molecule has 0 saturated carbocycles. The Bertz CT molecular complexity index is 4010. The summed E-state index contributed by atoms with van der Waals surface area (Å²) >= 11 is 0. The minimum Gasteiger partial charge on any atom is -0.310 e. The molecule has 1 aromatic heterocycles. The van der Waals surface area contributed by atoms with Gasteiger partial charge in [-0.25, -0.2) is 0 Å². The van der Waals surface area contributed by atoms with Crippen LogP contribution >= 0.6 is 0 Å². The number of anilines is 3. The van der Waals surface area contributed by atoms with Crippen LogP contribution in [0.5, 0.6) is 0 Å². The number of rotatable bonds is 9. The van der Waals surface area contributed by atoms with Crippen LogP contribution in [-0.4, -0.2) is 4.57 Å². The Morgan fingerprint density at radius 2 is 0.761 bits per heavy atom. The third-order valence-electron chi connectivity index (χ3n) is 15.0. The van der Waals surface area contributed by atoms with Crippen molar-refractivity contribution in [2.75, 3.05) is 4.90 Å². The van der Waals surface area contributed by atoms with Gasteiger partial charge in [-0.1, -0.05) is 212 Å². The monoisotopic (exact) mass is 902 g/mol. The number of benzene rings is 12. The lowest BCUT2D eigenvalue weighted by Gasteiger charge is -2.35. The highest BCUT2D eigenvalue weighted by Gasteiger charge is 2.46. The fourth-order valence-corrected chi connectivity index (χ4v) is 11.8. The molecule has 0 bridgehead atoms. The van der Waals surface area contributed by atoms with E-state index in [1.165, 1.54) is 99.3 Å². The van der Waals surface area contributed by atoms with Crippen molar-refractivity contribution < 1.29 is 0 Å². The molecule has 0 N–H and O–H groups in total. The number of nitrogens with zero attached hydrogens (tertiary/aromatic N) is 2. The average Bonchev–Trinajstić information content (AvgIpc) is 3.95. The van der Waals surface area contributed by atoms with Crippen molar-refractivity contribution in [2.24, 2.45) is 0 Å². The van der Waals surface area contributed by atoms with Gasteiger partial charge in [0.15, 0.2) is 0 Å². The van der Waals surface area contributed by atoms with Gasteiger partial charge >= 0.3 is 0 Å². The smallest absolute Gasteiger partial charge is 0.0714 e. The molecule has 0 amide bonds. The summed E-state index contributed by atoms with van der Waals surface area (Å²) in [6.07, 6.45) is 0. The first-order valence-electron chi connectivity index (χ1n) is 24.6. The van der Waals surface area contributed by atoms with Crippen LogP contribution in [0.15, 0.2) is 279 Å². The van der Waals surface area contributed by atoms with Crippen LogP contribution in [0.2, 0.25) is 0 Å². The Labute approximate surface area is 414 Å². The van der Waals surface area contributed by atoms with Gasteiger partial charge in [-0.2, -0.15) is 0 Å². The topological polar surface area (TPSA) is 8.17 Å². The first kappa shape index (κ1) is 40.8. The maximum atomic E-state index is 2.46. The molecule has 2 nitrogen and oxygen atoms in total. The van der Waals surface area contributed by atoms with Crippen LogP contribution in [0.3, 0.4) is 0 Å². The predicted octanol–water partition coefficient (Wildman–Crippen LogP) is 18.2. The zero-order valence-electron chi connectivity index (χ0n) is 39.0. The minimum atomic E-state index is -0.516. The molecule has 332 valence electrons. The zero-order chi connectivity index (χ0) is 46.9. The number of fused-ring (bicyclic) bond motifs is 3. The molecule has 0 fully saturated rings. The second-order valence-corrected chi connectivity index (χ2v) is 18.8. The highest BCUT2D eigenvalue weighted by molar-refractivity contribution is 6.25. The van der Waals surface area contributed by atoms with Crippen LogP contribution in [0.4, 0.5) is 17.1 Å². The SMILES string of the molecule is c1ccc(-c2ccc(N(c3ccc(-c4cc5ccc6cccc7c6c5c(c4)n7-c4ccc(-c5ccccc5)cc4)cc3)c3ccc4c(c3)C(c3ccccc3)(c3ccccc3)c3ccccc3-4)cc2)cc1. The van der Waals surface area contributed by atoms with Gasteiger partial charge in [0.1, 0.15) is 0 Å². The van der Waals surface area contributed by atoms with Crippen LogP contribution < -0.4 is 4.90 Å². The van der Waals surface area contributed by atoms with Gasteiger partial charge in [-0.3, -0.25) is 0 Å². The van der Waals surface area contributed by atoms with E-state index in [1.807, 2.05) is 0 Å². The summed E-state index contributed by atoms with van der Waals surface area (Å²) in [4.78, 5) is 2.43. The van der Waals surface area contributed by atoms with Crippen molar-refractivity contribution in [3.63, 3.8) is 0 Å². The van der Waals surface area contributed by atoms with Crippen molar-refractivity contribution in [2.45, 2.75) is 5.41 Å². The van der Waals surface area contributed by atoms with E-state index in [0.29, 0.717) is 0 Å². The number of hydrogen-bond acceptors (Lipinski definition) is 1. The summed E-state index contributed by atoms with van der Waals surface area (Å²) in [5.41, 5.74) is 21.1. The van der Waals surface area contributed by atoms with Crippen LogP contribution in [0.1, 0.15) is 22.3 Å².